The first kappa shape index (κ1) is 18.8. The SMILES string of the molecule is CC(C)Oc1c(I)cc(/C=N\NCc2ccc(Cl)cc2)cc1I. The second kappa shape index (κ2) is 9.08. The van der Waals surface area contributed by atoms with Crippen LogP contribution in [0.2, 0.25) is 5.02 Å². The van der Waals surface area contributed by atoms with Gasteiger partial charge in [-0.15, -0.1) is 0 Å². The summed E-state index contributed by atoms with van der Waals surface area (Å²) in [6.07, 6.45) is 1.98. The Labute approximate surface area is 169 Å². The predicted molar refractivity (Wildman–Crippen MR) is 114 cm³/mol. The molecular formula is C17H17ClI2N2O. The topological polar surface area (TPSA) is 33.6 Å². The number of rotatable bonds is 6. The van der Waals surface area contributed by atoms with E-state index in [-0.39, 0.29) is 6.10 Å². The summed E-state index contributed by atoms with van der Waals surface area (Å²) in [6, 6.07) is 11.8. The fraction of sp³-hybridized carbons (Fsp3) is 0.235. The summed E-state index contributed by atoms with van der Waals surface area (Å²) < 4.78 is 8.01. The fourth-order valence-corrected chi connectivity index (χ4v) is 4.06. The van der Waals surface area contributed by atoms with Crippen molar-refractivity contribution in [3.8, 4) is 5.75 Å². The van der Waals surface area contributed by atoms with Gasteiger partial charge < -0.3 is 10.2 Å². The molecule has 0 saturated carbocycles. The highest BCUT2D eigenvalue weighted by atomic mass is 127. The van der Waals surface area contributed by atoms with Gasteiger partial charge in [-0.05, 0) is 94.4 Å². The van der Waals surface area contributed by atoms with Crippen LogP contribution in [0.25, 0.3) is 0 Å². The molecule has 0 unspecified atom stereocenters. The minimum absolute atomic E-state index is 0.164. The lowest BCUT2D eigenvalue weighted by Gasteiger charge is -2.14. The van der Waals surface area contributed by atoms with Crippen molar-refractivity contribution >= 4 is 63.0 Å². The van der Waals surface area contributed by atoms with E-state index in [9.17, 15) is 0 Å². The number of ether oxygens (including phenoxy) is 1. The van der Waals surface area contributed by atoms with E-state index < -0.39 is 0 Å². The van der Waals surface area contributed by atoms with Gasteiger partial charge >= 0.3 is 0 Å². The Hall–Kier alpha value is -0.540. The second-order valence-electron chi connectivity index (χ2n) is 5.20. The van der Waals surface area contributed by atoms with Gasteiger partial charge in [0.15, 0.2) is 0 Å². The molecule has 0 aliphatic rings. The number of hydrazone groups is 1. The highest BCUT2D eigenvalue weighted by Gasteiger charge is 2.09. The molecule has 122 valence electrons. The minimum Gasteiger partial charge on any atom is -0.489 e. The van der Waals surface area contributed by atoms with E-state index in [1.54, 1.807) is 0 Å². The number of benzene rings is 2. The maximum absolute atomic E-state index is 5.87. The third-order valence-corrected chi connectivity index (χ3v) is 4.73. The molecule has 2 aromatic carbocycles. The zero-order valence-corrected chi connectivity index (χ0v) is 17.9. The van der Waals surface area contributed by atoms with Crippen LogP contribution in [-0.4, -0.2) is 12.3 Å². The van der Waals surface area contributed by atoms with E-state index in [2.05, 4.69) is 67.8 Å². The molecule has 0 bridgehead atoms. The Morgan fingerprint density at radius 3 is 2.35 bits per heavy atom. The summed E-state index contributed by atoms with van der Waals surface area (Å²) in [5, 5.41) is 5.02. The minimum atomic E-state index is 0.164. The maximum atomic E-state index is 5.87. The van der Waals surface area contributed by atoms with Crippen molar-refractivity contribution < 1.29 is 4.74 Å². The van der Waals surface area contributed by atoms with E-state index in [1.165, 1.54) is 0 Å². The molecule has 0 aliphatic carbocycles. The average Bonchev–Trinajstić information content (AvgIpc) is 2.49. The lowest BCUT2D eigenvalue weighted by atomic mass is 10.2. The van der Waals surface area contributed by atoms with Crippen LogP contribution in [0.15, 0.2) is 41.5 Å². The zero-order chi connectivity index (χ0) is 16.8. The monoisotopic (exact) mass is 554 g/mol. The summed E-state index contributed by atoms with van der Waals surface area (Å²) in [6.45, 7) is 4.72. The molecule has 0 atom stereocenters. The smallest absolute Gasteiger partial charge is 0.146 e. The number of nitrogens with zero attached hydrogens (tertiary/aromatic N) is 1. The quantitative estimate of drug-likeness (QED) is 0.292. The Kier molecular flexibility index (Phi) is 7.42. The summed E-state index contributed by atoms with van der Waals surface area (Å²) in [7, 11) is 0. The van der Waals surface area contributed by atoms with E-state index in [0.717, 1.165) is 29.0 Å². The molecule has 0 spiro atoms. The third-order valence-electron chi connectivity index (χ3n) is 2.88. The molecule has 2 aromatic rings. The normalized spacial score (nSPS) is 11.2. The molecule has 2 rings (SSSR count). The maximum Gasteiger partial charge on any atom is 0.146 e. The largest absolute Gasteiger partial charge is 0.489 e. The molecule has 1 N–H and O–H groups in total. The summed E-state index contributed by atoms with van der Waals surface area (Å²) in [5.74, 6) is 0.937. The van der Waals surface area contributed by atoms with Gasteiger partial charge in [0, 0.05) is 5.02 Å². The van der Waals surface area contributed by atoms with Crippen LogP contribution in [-0.2, 0) is 6.54 Å². The van der Waals surface area contributed by atoms with Gasteiger partial charge in [0.05, 0.1) is 26.0 Å². The van der Waals surface area contributed by atoms with Crippen LogP contribution in [0.5, 0.6) is 5.75 Å². The average molecular weight is 555 g/mol. The number of nitrogens with one attached hydrogen (secondary N) is 1. The van der Waals surface area contributed by atoms with Crippen molar-refractivity contribution in [3.05, 3.63) is 59.7 Å². The molecular weight excluding hydrogens is 537 g/mol. The molecule has 0 aliphatic heterocycles. The van der Waals surface area contributed by atoms with Gasteiger partial charge in [-0.2, -0.15) is 5.10 Å². The number of hydrogen-bond donors (Lipinski definition) is 1. The lowest BCUT2D eigenvalue weighted by Crippen LogP contribution is -2.09. The van der Waals surface area contributed by atoms with E-state index >= 15 is 0 Å². The molecule has 3 nitrogen and oxygen atoms in total. The highest BCUT2D eigenvalue weighted by molar-refractivity contribution is 14.1. The highest BCUT2D eigenvalue weighted by Crippen LogP contribution is 2.29. The first-order valence-electron chi connectivity index (χ1n) is 7.12. The van der Waals surface area contributed by atoms with Crippen molar-refractivity contribution in [2.75, 3.05) is 0 Å². The molecule has 6 heteroatoms. The summed E-state index contributed by atoms with van der Waals surface area (Å²) in [4.78, 5) is 0. The lowest BCUT2D eigenvalue weighted by molar-refractivity contribution is 0.239. The van der Waals surface area contributed by atoms with Gasteiger partial charge in [-0.1, -0.05) is 23.7 Å². The Balaban J connectivity index is 1.98. The van der Waals surface area contributed by atoms with Crippen LogP contribution in [0.4, 0.5) is 0 Å². The van der Waals surface area contributed by atoms with Crippen molar-refractivity contribution in [1.29, 1.82) is 0 Å². The van der Waals surface area contributed by atoms with Crippen molar-refractivity contribution in [3.63, 3.8) is 0 Å². The molecule has 0 aromatic heterocycles. The van der Waals surface area contributed by atoms with Crippen LogP contribution in [0, 0.1) is 7.14 Å². The van der Waals surface area contributed by atoms with Crippen LogP contribution in [0.3, 0.4) is 0 Å². The molecule has 0 fully saturated rings. The van der Waals surface area contributed by atoms with Crippen molar-refractivity contribution in [2.24, 2.45) is 5.10 Å². The van der Waals surface area contributed by atoms with Gasteiger partial charge in [0.1, 0.15) is 5.75 Å². The van der Waals surface area contributed by atoms with Crippen LogP contribution in [0.1, 0.15) is 25.0 Å². The summed E-state index contributed by atoms with van der Waals surface area (Å²) >= 11 is 10.5. The van der Waals surface area contributed by atoms with E-state index in [1.807, 2.05) is 44.3 Å². The third kappa shape index (κ3) is 6.11. The Bertz CT molecular complexity index is 664. The molecule has 0 amide bonds. The summed E-state index contributed by atoms with van der Waals surface area (Å²) in [5.41, 5.74) is 5.22. The standard InChI is InChI=1S/C17H17ClI2N2O/c1-11(2)23-17-15(19)7-13(8-16(17)20)10-22-21-9-12-3-5-14(18)6-4-12/h3-8,10-11,21H,9H2,1-2H3/b22-10-. The second-order valence-corrected chi connectivity index (χ2v) is 7.96. The van der Waals surface area contributed by atoms with E-state index in [0.29, 0.717) is 6.54 Å². The van der Waals surface area contributed by atoms with Gasteiger partial charge in [-0.25, -0.2) is 0 Å². The zero-order valence-electron chi connectivity index (χ0n) is 12.8. The number of halogens is 3. The van der Waals surface area contributed by atoms with Gasteiger partial charge in [-0.3, -0.25) is 0 Å². The Morgan fingerprint density at radius 2 is 1.78 bits per heavy atom. The predicted octanol–water partition coefficient (Wildman–Crippen LogP) is 5.46. The van der Waals surface area contributed by atoms with Crippen molar-refractivity contribution in [2.45, 2.75) is 26.5 Å². The fourth-order valence-electron chi connectivity index (χ4n) is 1.86. The molecule has 23 heavy (non-hydrogen) atoms. The molecule has 0 heterocycles. The van der Waals surface area contributed by atoms with E-state index in [4.69, 9.17) is 16.3 Å². The molecule has 0 saturated heterocycles. The van der Waals surface area contributed by atoms with Crippen LogP contribution < -0.4 is 10.2 Å². The first-order chi connectivity index (χ1) is 11.0. The first-order valence-corrected chi connectivity index (χ1v) is 9.65. The Morgan fingerprint density at radius 1 is 1.17 bits per heavy atom. The van der Waals surface area contributed by atoms with Crippen LogP contribution >= 0.6 is 56.8 Å². The van der Waals surface area contributed by atoms with Gasteiger partial charge in [0.25, 0.3) is 0 Å². The van der Waals surface area contributed by atoms with Crippen molar-refractivity contribution in [1.82, 2.24) is 5.43 Å². The number of hydrogen-bond acceptors (Lipinski definition) is 3. The van der Waals surface area contributed by atoms with Gasteiger partial charge in [0.2, 0.25) is 0 Å². The molecule has 0 radical (unpaired) electrons.